The largest absolute Gasteiger partial charge is 0.372 e. The summed E-state index contributed by atoms with van der Waals surface area (Å²) in [6.45, 7) is 12.6. The van der Waals surface area contributed by atoms with Crippen LogP contribution in [0.2, 0.25) is 0 Å². The normalized spacial score (nSPS) is 26.9. The van der Waals surface area contributed by atoms with Gasteiger partial charge in [-0.15, -0.1) is 0 Å². The lowest BCUT2D eigenvalue weighted by Gasteiger charge is -2.25. The van der Waals surface area contributed by atoms with E-state index in [4.69, 9.17) is 4.74 Å². The van der Waals surface area contributed by atoms with E-state index in [1.54, 1.807) is 0 Å². The fourth-order valence-corrected chi connectivity index (χ4v) is 3.12. The third kappa shape index (κ3) is 6.11. The Kier molecular flexibility index (Phi) is 6.79. The molecule has 2 rings (SSSR count). The molecule has 2 unspecified atom stereocenters. The third-order valence-electron chi connectivity index (χ3n) is 4.34. The summed E-state index contributed by atoms with van der Waals surface area (Å²) in [5.41, 5.74) is 0. The number of hydrogen-bond donors (Lipinski definition) is 1. The van der Waals surface area contributed by atoms with Gasteiger partial charge in [0.15, 0.2) is 0 Å². The Morgan fingerprint density at radius 2 is 1.85 bits per heavy atom. The second-order valence-electron chi connectivity index (χ2n) is 7.21. The van der Waals surface area contributed by atoms with Crippen LogP contribution >= 0.6 is 0 Å². The van der Waals surface area contributed by atoms with Crippen LogP contribution in [0.3, 0.4) is 0 Å². The molecule has 0 aromatic heterocycles. The molecule has 3 nitrogen and oxygen atoms in total. The summed E-state index contributed by atoms with van der Waals surface area (Å²) in [5.74, 6) is 1.72. The maximum atomic E-state index is 6.22. The Bertz CT molecular complexity index is 266. The van der Waals surface area contributed by atoms with Crippen LogP contribution in [0, 0.1) is 11.8 Å². The van der Waals surface area contributed by atoms with Crippen molar-refractivity contribution in [3.05, 3.63) is 0 Å². The van der Waals surface area contributed by atoms with Crippen LogP contribution in [0.15, 0.2) is 0 Å². The minimum Gasteiger partial charge on any atom is -0.372 e. The molecule has 20 heavy (non-hydrogen) atoms. The molecule has 1 aliphatic heterocycles. The van der Waals surface area contributed by atoms with Crippen LogP contribution in [-0.2, 0) is 4.74 Å². The van der Waals surface area contributed by atoms with Crippen molar-refractivity contribution in [2.45, 2.75) is 65.1 Å². The van der Waals surface area contributed by atoms with E-state index in [1.165, 1.54) is 45.2 Å². The van der Waals surface area contributed by atoms with Gasteiger partial charge in [-0.25, -0.2) is 0 Å². The van der Waals surface area contributed by atoms with Gasteiger partial charge < -0.3 is 15.0 Å². The molecule has 1 saturated carbocycles. The topological polar surface area (TPSA) is 24.5 Å². The van der Waals surface area contributed by atoms with Crippen LogP contribution in [0.4, 0.5) is 0 Å². The average molecular weight is 282 g/mol. The lowest BCUT2D eigenvalue weighted by molar-refractivity contribution is 0.0223. The highest BCUT2D eigenvalue weighted by molar-refractivity contribution is 4.82. The zero-order valence-corrected chi connectivity index (χ0v) is 13.7. The molecule has 2 fully saturated rings. The van der Waals surface area contributed by atoms with Gasteiger partial charge in [-0.3, -0.25) is 0 Å². The van der Waals surface area contributed by atoms with E-state index in [2.05, 4.69) is 31.0 Å². The molecule has 2 atom stereocenters. The Balaban J connectivity index is 1.63. The summed E-state index contributed by atoms with van der Waals surface area (Å²) in [4.78, 5) is 2.65. The lowest BCUT2D eigenvalue weighted by atomic mass is 10.1. The van der Waals surface area contributed by atoms with E-state index in [0.29, 0.717) is 12.2 Å². The highest BCUT2D eigenvalue weighted by Crippen LogP contribution is 2.30. The van der Waals surface area contributed by atoms with Crippen molar-refractivity contribution in [1.82, 2.24) is 10.2 Å². The van der Waals surface area contributed by atoms with E-state index < -0.39 is 0 Å². The van der Waals surface area contributed by atoms with E-state index in [1.807, 2.05) is 0 Å². The number of rotatable bonds is 10. The fraction of sp³-hybridized carbons (Fsp3) is 1.00. The van der Waals surface area contributed by atoms with Crippen LogP contribution < -0.4 is 5.32 Å². The van der Waals surface area contributed by atoms with Gasteiger partial charge >= 0.3 is 0 Å². The van der Waals surface area contributed by atoms with Crippen molar-refractivity contribution in [2.75, 3.05) is 32.7 Å². The zero-order valence-electron chi connectivity index (χ0n) is 13.7. The fourth-order valence-electron chi connectivity index (χ4n) is 3.12. The zero-order chi connectivity index (χ0) is 14.4. The summed E-state index contributed by atoms with van der Waals surface area (Å²) < 4.78 is 6.22. The van der Waals surface area contributed by atoms with Crippen LogP contribution in [0.1, 0.15) is 52.9 Å². The molecule has 1 aliphatic carbocycles. The van der Waals surface area contributed by atoms with E-state index >= 15 is 0 Å². The van der Waals surface area contributed by atoms with Gasteiger partial charge in [0.2, 0.25) is 0 Å². The molecule has 0 amide bonds. The summed E-state index contributed by atoms with van der Waals surface area (Å²) in [5, 5.41) is 3.53. The summed E-state index contributed by atoms with van der Waals surface area (Å²) >= 11 is 0. The van der Waals surface area contributed by atoms with Crippen molar-refractivity contribution >= 4 is 0 Å². The van der Waals surface area contributed by atoms with Crippen LogP contribution in [-0.4, -0.2) is 49.8 Å². The lowest BCUT2D eigenvalue weighted by Crippen LogP contribution is -2.36. The Labute approximate surface area is 125 Å². The van der Waals surface area contributed by atoms with Crippen LogP contribution in [0.5, 0.6) is 0 Å². The average Bonchev–Trinajstić information content (AvgIpc) is 3.09. The minimum atomic E-state index is 0.447. The van der Waals surface area contributed by atoms with Crippen molar-refractivity contribution in [3.8, 4) is 0 Å². The molecule has 2 aliphatic rings. The van der Waals surface area contributed by atoms with Gasteiger partial charge in [0, 0.05) is 19.6 Å². The van der Waals surface area contributed by atoms with Crippen molar-refractivity contribution in [1.29, 1.82) is 0 Å². The van der Waals surface area contributed by atoms with E-state index in [9.17, 15) is 0 Å². The maximum absolute atomic E-state index is 6.22. The molecular formula is C17H34N2O. The predicted molar refractivity (Wildman–Crippen MR) is 85.1 cm³/mol. The van der Waals surface area contributed by atoms with Gasteiger partial charge in [-0.1, -0.05) is 20.8 Å². The molecule has 1 N–H and O–H groups in total. The first-order valence-corrected chi connectivity index (χ1v) is 8.75. The molecule has 0 radical (unpaired) electrons. The second-order valence-corrected chi connectivity index (χ2v) is 7.21. The molecule has 1 saturated heterocycles. The van der Waals surface area contributed by atoms with E-state index in [0.717, 1.165) is 31.5 Å². The van der Waals surface area contributed by atoms with Crippen molar-refractivity contribution in [2.24, 2.45) is 11.8 Å². The van der Waals surface area contributed by atoms with Crippen LogP contribution in [0.25, 0.3) is 0 Å². The molecule has 3 heteroatoms. The summed E-state index contributed by atoms with van der Waals surface area (Å²) in [6.07, 6.45) is 7.58. The number of nitrogens with zero attached hydrogens (tertiary/aromatic N) is 1. The molecular weight excluding hydrogens is 248 g/mol. The predicted octanol–water partition coefficient (Wildman–Crippen LogP) is 2.90. The van der Waals surface area contributed by atoms with Gasteiger partial charge in [0.1, 0.15) is 0 Å². The van der Waals surface area contributed by atoms with E-state index in [-0.39, 0.29) is 0 Å². The van der Waals surface area contributed by atoms with Crippen molar-refractivity contribution in [3.63, 3.8) is 0 Å². The number of nitrogens with one attached hydrogen (secondary N) is 1. The molecule has 118 valence electrons. The quantitative estimate of drug-likeness (QED) is 0.667. The highest BCUT2D eigenvalue weighted by atomic mass is 16.5. The highest BCUT2D eigenvalue weighted by Gasteiger charge is 2.29. The number of ether oxygens (including phenoxy) is 1. The van der Waals surface area contributed by atoms with Gasteiger partial charge in [-0.05, 0) is 57.0 Å². The number of hydrogen-bond acceptors (Lipinski definition) is 3. The minimum absolute atomic E-state index is 0.447. The first-order chi connectivity index (χ1) is 9.67. The van der Waals surface area contributed by atoms with Crippen molar-refractivity contribution < 1.29 is 4.74 Å². The summed E-state index contributed by atoms with van der Waals surface area (Å²) in [6, 6.07) is 0. The Morgan fingerprint density at radius 3 is 2.50 bits per heavy atom. The first-order valence-electron chi connectivity index (χ1n) is 8.75. The summed E-state index contributed by atoms with van der Waals surface area (Å²) in [7, 11) is 0. The second kappa shape index (κ2) is 8.35. The molecule has 0 spiro atoms. The Morgan fingerprint density at radius 1 is 1.10 bits per heavy atom. The molecule has 0 aromatic rings. The molecule has 0 bridgehead atoms. The standard InChI is InChI=1S/C17H34N2O/c1-4-9-19(12-15-5-6-15)13-17-8-7-16(20-17)11-18-10-14(2)3/h14-18H,4-13H2,1-3H3. The SMILES string of the molecule is CCCN(CC1CC1)CC1CCC(CNCC(C)C)O1. The van der Waals surface area contributed by atoms with Gasteiger partial charge in [-0.2, -0.15) is 0 Å². The monoisotopic (exact) mass is 282 g/mol. The molecule has 1 heterocycles. The Hall–Kier alpha value is -0.120. The molecule has 0 aromatic carbocycles. The maximum Gasteiger partial charge on any atom is 0.0707 e. The smallest absolute Gasteiger partial charge is 0.0707 e. The van der Waals surface area contributed by atoms with Gasteiger partial charge in [0.25, 0.3) is 0 Å². The third-order valence-corrected chi connectivity index (χ3v) is 4.34. The first kappa shape index (κ1) is 16.3. The van der Waals surface area contributed by atoms with Gasteiger partial charge in [0.05, 0.1) is 12.2 Å².